The zero-order valence-electron chi connectivity index (χ0n) is 11.1. The smallest absolute Gasteiger partial charge is 0.117 e. The molecule has 0 amide bonds. The van der Waals surface area contributed by atoms with E-state index in [1.54, 1.807) is 11.4 Å². The van der Waals surface area contributed by atoms with Crippen LogP contribution in [0.25, 0.3) is 0 Å². The maximum absolute atomic E-state index is 10.2. The molecule has 0 bridgehead atoms. The van der Waals surface area contributed by atoms with Crippen LogP contribution in [0, 0.1) is 11.8 Å². The molecule has 0 saturated heterocycles. The topological polar surface area (TPSA) is 20.2 Å². The second-order valence-corrected chi connectivity index (χ2v) is 12.2. The number of rotatable bonds is 9. The predicted octanol–water partition coefficient (Wildman–Crippen LogP) is 4.89. The predicted molar refractivity (Wildman–Crippen MR) is 82.0 cm³/mol. The molecule has 3 unspecified atom stereocenters. The van der Waals surface area contributed by atoms with Crippen molar-refractivity contribution in [2.75, 3.05) is 11.9 Å². The summed E-state index contributed by atoms with van der Waals surface area (Å²) in [6.07, 6.45) is 5.69. The number of hydrogen-bond acceptors (Lipinski definition) is 2. The van der Waals surface area contributed by atoms with E-state index < -0.39 is 5.47 Å². The summed E-state index contributed by atoms with van der Waals surface area (Å²) in [6.45, 7) is 8.85. The summed E-state index contributed by atoms with van der Waals surface area (Å²) in [6, 6.07) is 0. The van der Waals surface area contributed by atoms with Gasteiger partial charge in [0.2, 0.25) is 0 Å². The van der Waals surface area contributed by atoms with Crippen molar-refractivity contribution in [2.24, 2.45) is 11.8 Å². The quantitative estimate of drug-likeness (QED) is 0.608. The molecule has 0 aromatic rings. The van der Waals surface area contributed by atoms with E-state index in [-0.39, 0.29) is 0 Å². The Morgan fingerprint density at radius 3 is 2.12 bits per heavy atom. The molecule has 0 aliphatic heterocycles. The molecule has 0 saturated carbocycles. The minimum atomic E-state index is -2.11. The fourth-order valence-electron chi connectivity index (χ4n) is 1.85. The van der Waals surface area contributed by atoms with Crippen LogP contribution in [-0.4, -0.2) is 16.8 Å². The van der Waals surface area contributed by atoms with Gasteiger partial charge in [0, 0.05) is 11.9 Å². The minimum Gasteiger partial charge on any atom is -0.357 e. The van der Waals surface area contributed by atoms with E-state index in [9.17, 15) is 4.89 Å². The maximum Gasteiger partial charge on any atom is 0.117 e. The van der Waals surface area contributed by atoms with Gasteiger partial charge in [-0.05, 0) is 11.8 Å². The molecule has 0 spiro atoms. The largest absolute Gasteiger partial charge is 0.357 e. The fourth-order valence-corrected chi connectivity index (χ4v) is 7.43. The fraction of sp³-hybridized carbons (Fsp3) is 1.00. The molecule has 0 heterocycles. The van der Waals surface area contributed by atoms with Gasteiger partial charge in [-0.1, -0.05) is 76.6 Å². The van der Waals surface area contributed by atoms with Gasteiger partial charge in [0.05, 0.1) is 0 Å². The molecular weight excluding hydrogens is 255 g/mol. The Morgan fingerprint density at radius 1 is 1.12 bits per heavy atom. The van der Waals surface area contributed by atoms with Crippen molar-refractivity contribution in [3.05, 3.63) is 0 Å². The second kappa shape index (κ2) is 8.97. The van der Waals surface area contributed by atoms with E-state index in [0.717, 1.165) is 11.9 Å². The molecule has 98 valence electrons. The average Bonchev–Trinajstić information content (AvgIpc) is 2.15. The summed E-state index contributed by atoms with van der Waals surface area (Å²) in [5.41, 5.74) is -2.11. The van der Waals surface area contributed by atoms with Gasteiger partial charge in [0.25, 0.3) is 0 Å². The van der Waals surface area contributed by atoms with Crippen molar-refractivity contribution in [3.63, 3.8) is 0 Å². The van der Waals surface area contributed by atoms with Crippen LogP contribution in [0.5, 0.6) is 0 Å². The highest BCUT2D eigenvalue weighted by atomic mass is 32.9. The summed E-state index contributed by atoms with van der Waals surface area (Å²) in [7, 11) is 0. The van der Waals surface area contributed by atoms with Gasteiger partial charge < -0.3 is 4.89 Å². The molecule has 0 rings (SSSR count). The summed E-state index contributed by atoms with van der Waals surface area (Å²) in [4.78, 5) is 10.2. The Balaban J connectivity index is 3.90. The highest BCUT2D eigenvalue weighted by molar-refractivity contribution is 8.69. The Morgan fingerprint density at radius 2 is 1.62 bits per heavy atom. The summed E-state index contributed by atoms with van der Waals surface area (Å²) in [5.74, 6) is 2.29. The van der Waals surface area contributed by atoms with Crippen LogP contribution in [0.1, 0.15) is 53.4 Å². The highest BCUT2D eigenvalue weighted by Crippen LogP contribution is 2.57. The molecule has 0 aromatic heterocycles. The summed E-state index contributed by atoms with van der Waals surface area (Å²) in [5, 5.41) is 0. The third kappa shape index (κ3) is 9.04. The molecule has 16 heavy (non-hydrogen) atoms. The highest BCUT2D eigenvalue weighted by Gasteiger charge is 2.18. The van der Waals surface area contributed by atoms with E-state index in [4.69, 9.17) is 11.8 Å². The minimum absolute atomic E-state index is 0.579. The lowest BCUT2D eigenvalue weighted by Gasteiger charge is -2.20. The zero-order chi connectivity index (χ0) is 12.6. The Kier molecular flexibility index (Phi) is 9.50. The molecule has 3 atom stereocenters. The van der Waals surface area contributed by atoms with Crippen LogP contribution in [-0.2, 0) is 11.8 Å². The Hall–Kier alpha value is 0.960. The molecule has 0 radical (unpaired) electrons. The van der Waals surface area contributed by atoms with Gasteiger partial charge in [-0.3, -0.25) is 0 Å². The molecule has 0 fully saturated rings. The lowest BCUT2D eigenvalue weighted by molar-refractivity contribution is 0.556. The number of hydrogen-bond donors (Lipinski definition) is 1. The third-order valence-electron chi connectivity index (χ3n) is 2.67. The van der Waals surface area contributed by atoms with E-state index >= 15 is 0 Å². The van der Waals surface area contributed by atoms with Crippen LogP contribution in [0.2, 0.25) is 0 Å². The van der Waals surface area contributed by atoms with E-state index in [1.807, 2.05) is 0 Å². The van der Waals surface area contributed by atoms with Crippen molar-refractivity contribution in [2.45, 2.75) is 53.4 Å². The van der Waals surface area contributed by atoms with Crippen molar-refractivity contribution in [1.82, 2.24) is 0 Å². The summed E-state index contributed by atoms with van der Waals surface area (Å²) < 4.78 is 0. The van der Waals surface area contributed by atoms with Crippen molar-refractivity contribution in [1.29, 1.82) is 0 Å². The SMILES string of the molecule is CCCC(C)CSP(O)(=S)CC(C)CCC. The van der Waals surface area contributed by atoms with Crippen LogP contribution < -0.4 is 0 Å². The Bertz CT molecular complexity index is 221. The molecule has 0 aliphatic carbocycles. The molecule has 4 heteroatoms. The van der Waals surface area contributed by atoms with E-state index in [1.165, 1.54) is 25.7 Å². The van der Waals surface area contributed by atoms with E-state index in [0.29, 0.717) is 11.8 Å². The normalized spacial score (nSPS) is 19.1. The van der Waals surface area contributed by atoms with Gasteiger partial charge >= 0.3 is 0 Å². The standard InChI is InChI=1S/C12H27OPS2/c1-5-7-11(3)9-14(13,15)16-10-12(4)8-6-2/h11-12H,5-10H2,1-4H3,(H,13,15). The lowest BCUT2D eigenvalue weighted by atomic mass is 10.1. The molecular formula is C12H27OPS2. The van der Waals surface area contributed by atoms with Crippen molar-refractivity contribution < 1.29 is 4.89 Å². The van der Waals surface area contributed by atoms with Crippen LogP contribution >= 0.6 is 16.8 Å². The van der Waals surface area contributed by atoms with Gasteiger partial charge in [-0.15, -0.1) is 0 Å². The zero-order valence-corrected chi connectivity index (χ0v) is 13.6. The van der Waals surface area contributed by atoms with E-state index in [2.05, 4.69) is 27.7 Å². The van der Waals surface area contributed by atoms with Gasteiger partial charge in [0.15, 0.2) is 0 Å². The maximum atomic E-state index is 10.2. The average molecular weight is 282 g/mol. The monoisotopic (exact) mass is 282 g/mol. The molecule has 0 aromatic carbocycles. The van der Waals surface area contributed by atoms with Gasteiger partial charge in [-0.25, -0.2) is 0 Å². The first kappa shape index (κ1) is 17.0. The van der Waals surface area contributed by atoms with Crippen LogP contribution in [0.3, 0.4) is 0 Å². The lowest BCUT2D eigenvalue weighted by Crippen LogP contribution is -2.03. The van der Waals surface area contributed by atoms with Crippen LogP contribution in [0.4, 0.5) is 0 Å². The summed E-state index contributed by atoms with van der Waals surface area (Å²) >= 11 is 7.03. The van der Waals surface area contributed by atoms with Crippen molar-refractivity contribution >= 4 is 28.7 Å². The first-order valence-corrected chi connectivity index (χ1v) is 10.9. The third-order valence-corrected chi connectivity index (χ3v) is 8.37. The molecule has 1 N–H and O–H groups in total. The van der Waals surface area contributed by atoms with Crippen LogP contribution in [0.15, 0.2) is 0 Å². The van der Waals surface area contributed by atoms with Gasteiger partial charge in [-0.2, -0.15) is 0 Å². The molecule has 0 aliphatic rings. The molecule has 1 nitrogen and oxygen atoms in total. The second-order valence-electron chi connectivity index (χ2n) is 4.90. The van der Waals surface area contributed by atoms with Crippen molar-refractivity contribution in [3.8, 4) is 0 Å². The Labute approximate surface area is 111 Å². The van der Waals surface area contributed by atoms with Gasteiger partial charge in [0.1, 0.15) is 5.47 Å². The first-order chi connectivity index (χ1) is 7.41. The first-order valence-electron chi connectivity index (χ1n) is 6.37.